The van der Waals surface area contributed by atoms with E-state index in [0.29, 0.717) is 5.69 Å². The summed E-state index contributed by atoms with van der Waals surface area (Å²) in [6, 6.07) is 10.0. The van der Waals surface area contributed by atoms with E-state index in [0.717, 1.165) is 24.3 Å². The SMILES string of the molecule is Cc1cc(C(=O)N2CCC(C)(C)c3ccccc32)nn1C. The van der Waals surface area contributed by atoms with Gasteiger partial charge in [-0.2, -0.15) is 5.10 Å². The summed E-state index contributed by atoms with van der Waals surface area (Å²) in [5, 5.41) is 4.32. The Morgan fingerprint density at radius 2 is 2.00 bits per heavy atom. The van der Waals surface area contributed by atoms with Gasteiger partial charge in [-0.05, 0) is 36.5 Å². The zero-order valence-electron chi connectivity index (χ0n) is 13.1. The second-order valence-corrected chi connectivity index (χ2v) is 6.40. The molecule has 0 saturated carbocycles. The van der Waals surface area contributed by atoms with Crippen LogP contribution in [-0.2, 0) is 12.5 Å². The lowest BCUT2D eigenvalue weighted by molar-refractivity contribution is 0.0977. The lowest BCUT2D eigenvalue weighted by atomic mass is 9.77. The zero-order valence-corrected chi connectivity index (χ0v) is 13.1. The predicted octanol–water partition coefficient (Wildman–Crippen LogP) is 3.06. The normalized spacial score (nSPS) is 16.7. The van der Waals surface area contributed by atoms with Gasteiger partial charge in [-0.3, -0.25) is 9.48 Å². The van der Waals surface area contributed by atoms with E-state index in [1.807, 2.05) is 43.1 Å². The third kappa shape index (κ3) is 2.24. The number of hydrogen-bond donors (Lipinski definition) is 0. The Balaban J connectivity index is 2.02. The van der Waals surface area contributed by atoms with Gasteiger partial charge >= 0.3 is 0 Å². The molecule has 2 aromatic rings. The molecule has 0 radical (unpaired) electrons. The molecule has 3 rings (SSSR count). The van der Waals surface area contributed by atoms with Crippen molar-refractivity contribution in [3.8, 4) is 0 Å². The molecule has 0 saturated heterocycles. The summed E-state index contributed by atoms with van der Waals surface area (Å²) < 4.78 is 1.74. The third-order valence-electron chi connectivity index (χ3n) is 4.46. The van der Waals surface area contributed by atoms with E-state index in [9.17, 15) is 4.79 Å². The topological polar surface area (TPSA) is 38.1 Å². The minimum absolute atomic E-state index is 0.0124. The highest BCUT2D eigenvalue weighted by Gasteiger charge is 2.34. The van der Waals surface area contributed by atoms with Crippen molar-refractivity contribution in [1.29, 1.82) is 0 Å². The first kappa shape index (κ1) is 13.9. The number of carbonyl (C=O) groups excluding carboxylic acids is 1. The predicted molar refractivity (Wildman–Crippen MR) is 83.7 cm³/mol. The minimum atomic E-state index is -0.0124. The van der Waals surface area contributed by atoms with Crippen molar-refractivity contribution in [3.63, 3.8) is 0 Å². The van der Waals surface area contributed by atoms with E-state index in [1.165, 1.54) is 5.56 Å². The Kier molecular flexibility index (Phi) is 3.12. The van der Waals surface area contributed by atoms with Crippen LogP contribution in [0.4, 0.5) is 5.69 Å². The molecule has 4 nitrogen and oxygen atoms in total. The molecule has 0 unspecified atom stereocenters. The van der Waals surface area contributed by atoms with Crippen molar-refractivity contribution in [2.24, 2.45) is 7.05 Å². The molecule has 1 aromatic heterocycles. The molecule has 0 spiro atoms. The van der Waals surface area contributed by atoms with Crippen molar-refractivity contribution in [1.82, 2.24) is 9.78 Å². The van der Waals surface area contributed by atoms with Gasteiger partial charge in [-0.25, -0.2) is 0 Å². The van der Waals surface area contributed by atoms with Crippen LogP contribution in [0, 0.1) is 6.92 Å². The zero-order chi connectivity index (χ0) is 15.2. The lowest BCUT2D eigenvalue weighted by Crippen LogP contribution is -2.41. The third-order valence-corrected chi connectivity index (χ3v) is 4.46. The van der Waals surface area contributed by atoms with Gasteiger partial charge in [0.25, 0.3) is 5.91 Å². The Bertz CT molecular complexity index is 680. The molecule has 1 aromatic carbocycles. The van der Waals surface area contributed by atoms with Gasteiger partial charge in [0.2, 0.25) is 0 Å². The molecule has 1 aliphatic heterocycles. The smallest absolute Gasteiger partial charge is 0.278 e. The lowest BCUT2D eigenvalue weighted by Gasteiger charge is -2.38. The molecule has 0 atom stereocenters. The minimum Gasteiger partial charge on any atom is -0.307 e. The fraction of sp³-hybridized carbons (Fsp3) is 0.412. The van der Waals surface area contributed by atoms with Crippen molar-refractivity contribution in [3.05, 3.63) is 47.3 Å². The number of nitrogens with zero attached hydrogens (tertiary/aromatic N) is 3. The van der Waals surface area contributed by atoms with Gasteiger partial charge in [0.05, 0.1) is 0 Å². The Labute approximate surface area is 125 Å². The average Bonchev–Trinajstić information content (AvgIpc) is 2.78. The van der Waals surface area contributed by atoms with Gasteiger partial charge in [0, 0.05) is 25.0 Å². The molecular formula is C17H21N3O. The molecule has 110 valence electrons. The number of hydrogen-bond acceptors (Lipinski definition) is 2. The van der Waals surface area contributed by atoms with Gasteiger partial charge in [-0.1, -0.05) is 32.0 Å². The number of anilines is 1. The molecule has 2 heterocycles. The highest BCUT2D eigenvalue weighted by atomic mass is 16.2. The van der Waals surface area contributed by atoms with Gasteiger partial charge in [0.15, 0.2) is 5.69 Å². The summed E-state index contributed by atoms with van der Waals surface area (Å²) >= 11 is 0. The standard InChI is InChI=1S/C17H21N3O/c1-12-11-14(18-19(12)4)16(21)20-10-9-17(2,3)13-7-5-6-8-15(13)20/h5-8,11H,9-10H2,1-4H3. The van der Waals surface area contributed by atoms with Crippen LogP contribution in [0.1, 0.15) is 42.0 Å². The summed E-state index contributed by atoms with van der Waals surface area (Å²) in [6.45, 7) is 7.16. The van der Waals surface area contributed by atoms with E-state index in [1.54, 1.807) is 4.68 Å². The van der Waals surface area contributed by atoms with E-state index in [4.69, 9.17) is 0 Å². The number of aromatic nitrogens is 2. The van der Waals surface area contributed by atoms with Crippen LogP contribution in [0.5, 0.6) is 0 Å². The largest absolute Gasteiger partial charge is 0.307 e. The number of fused-ring (bicyclic) bond motifs is 1. The van der Waals surface area contributed by atoms with Crippen molar-refractivity contribution >= 4 is 11.6 Å². The molecule has 1 amide bonds. The van der Waals surface area contributed by atoms with E-state index >= 15 is 0 Å². The number of para-hydroxylation sites is 1. The molecule has 21 heavy (non-hydrogen) atoms. The summed E-state index contributed by atoms with van der Waals surface area (Å²) in [7, 11) is 1.86. The van der Waals surface area contributed by atoms with Crippen LogP contribution in [0.2, 0.25) is 0 Å². The summed E-state index contributed by atoms with van der Waals surface area (Å²) in [5.41, 5.74) is 3.86. The van der Waals surface area contributed by atoms with Gasteiger partial charge in [-0.15, -0.1) is 0 Å². The molecular weight excluding hydrogens is 262 g/mol. The molecule has 0 aliphatic carbocycles. The number of rotatable bonds is 1. The molecule has 0 fully saturated rings. The maximum Gasteiger partial charge on any atom is 0.278 e. The highest BCUT2D eigenvalue weighted by molar-refractivity contribution is 6.05. The van der Waals surface area contributed by atoms with Crippen molar-refractivity contribution < 1.29 is 4.79 Å². The maximum atomic E-state index is 12.8. The monoisotopic (exact) mass is 283 g/mol. The first-order valence-corrected chi connectivity index (χ1v) is 7.32. The van der Waals surface area contributed by atoms with Crippen LogP contribution < -0.4 is 4.90 Å². The van der Waals surface area contributed by atoms with Crippen molar-refractivity contribution in [2.45, 2.75) is 32.6 Å². The Hall–Kier alpha value is -2.10. The van der Waals surface area contributed by atoms with Crippen LogP contribution in [0.15, 0.2) is 30.3 Å². The Morgan fingerprint density at radius 1 is 1.29 bits per heavy atom. The van der Waals surface area contributed by atoms with Crippen LogP contribution >= 0.6 is 0 Å². The number of amides is 1. The van der Waals surface area contributed by atoms with Gasteiger partial charge < -0.3 is 4.90 Å². The number of carbonyl (C=O) groups is 1. The van der Waals surface area contributed by atoms with E-state index in [-0.39, 0.29) is 11.3 Å². The first-order chi connectivity index (χ1) is 9.90. The fourth-order valence-corrected chi connectivity index (χ4v) is 2.94. The highest BCUT2D eigenvalue weighted by Crippen LogP contribution is 2.39. The molecule has 4 heteroatoms. The van der Waals surface area contributed by atoms with E-state index in [2.05, 4.69) is 25.0 Å². The molecule has 0 N–H and O–H groups in total. The van der Waals surface area contributed by atoms with Crippen molar-refractivity contribution in [2.75, 3.05) is 11.4 Å². The van der Waals surface area contributed by atoms with Crippen LogP contribution in [-0.4, -0.2) is 22.2 Å². The second kappa shape index (κ2) is 4.72. The van der Waals surface area contributed by atoms with Gasteiger partial charge in [0.1, 0.15) is 0 Å². The summed E-state index contributed by atoms with van der Waals surface area (Å²) in [5.74, 6) is -0.0124. The molecule has 1 aliphatic rings. The quantitative estimate of drug-likeness (QED) is 0.806. The van der Waals surface area contributed by atoms with Crippen LogP contribution in [0.25, 0.3) is 0 Å². The summed E-state index contributed by atoms with van der Waals surface area (Å²) in [6.07, 6.45) is 0.960. The summed E-state index contributed by atoms with van der Waals surface area (Å²) in [4.78, 5) is 14.7. The second-order valence-electron chi connectivity index (χ2n) is 6.40. The van der Waals surface area contributed by atoms with E-state index < -0.39 is 0 Å². The number of benzene rings is 1. The fourth-order valence-electron chi connectivity index (χ4n) is 2.94. The maximum absolute atomic E-state index is 12.8. The molecule has 0 bridgehead atoms. The Morgan fingerprint density at radius 3 is 2.67 bits per heavy atom. The average molecular weight is 283 g/mol. The number of aryl methyl sites for hydroxylation is 2. The first-order valence-electron chi connectivity index (χ1n) is 7.32. The van der Waals surface area contributed by atoms with Crippen LogP contribution in [0.3, 0.4) is 0 Å².